The van der Waals surface area contributed by atoms with Gasteiger partial charge in [0.1, 0.15) is 0 Å². The van der Waals surface area contributed by atoms with Crippen molar-refractivity contribution in [3.63, 3.8) is 0 Å². The van der Waals surface area contributed by atoms with Gasteiger partial charge < -0.3 is 10.2 Å². The van der Waals surface area contributed by atoms with E-state index in [-0.39, 0.29) is 6.03 Å². The third-order valence-electron chi connectivity index (χ3n) is 4.46. The van der Waals surface area contributed by atoms with Crippen LogP contribution in [0.25, 0.3) is 11.1 Å². The Morgan fingerprint density at radius 2 is 2.00 bits per heavy atom. The Bertz CT molecular complexity index is 948. The molecular weight excluding hydrogens is 330 g/mol. The van der Waals surface area contributed by atoms with E-state index in [9.17, 15) is 4.79 Å². The molecule has 1 heterocycles. The largest absolute Gasteiger partial charge is 0.322 e. The van der Waals surface area contributed by atoms with Crippen LogP contribution in [-0.2, 0) is 13.0 Å². The number of nitrogens with zero attached hydrogens (tertiary/aromatic N) is 2. The molecule has 25 heavy (non-hydrogen) atoms. The second kappa shape index (κ2) is 6.33. The average molecular weight is 349 g/mol. The summed E-state index contributed by atoms with van der Waals surface area (Å²) in [6.45, 7) is 2.48. The smallest absolute Gasteiger partial charge is 0.321 e. The van der Waals surface area contributed by atoms with E-state index in [1.165, 1.54) is 22.3 Å². The van der Waals surface area contributed by atoms with Gasteiger partial charge in [0.25, 0.3) is 0 Å². The van der Waals surface area contributed by atoms with Crippen LogP contribution in [0.15, 0.2) is 47.8 Å². The van der Waals surface area contributed by atoms with Crippen molar-refractivity contribution >= 4 is 23.1 Å². The molecule has 1 aromatic heterocycles. The fourth-order valence-electron chi connectivity index (χ4n) is 3.24. The first-order chi connectivity index (χ1) is 12.1. The molecule has 0 spiro atoms. The topological polar surface area (TPSA) is 45.2 Å². The highest BCUT2D eigenvalue weighted by atomic mass is 32.1. The van der Waals surface area contributed by atoms with Crippen LogP contribution in [0.5, 0.6) is 0 Å². The van der Waals surface area contributed by atoms with Crippen molar-refractivity contribution in [2.45, 2.75) is 19.9 Å². The number of benzene rings is 2. The molecule has 0 saturated heterocycles. The zero-order valence-corrected chi connectivity index (χ0v) is 15.1. The molecule has 0 unspecified atom stereocenters. The molecule has 0 bridgehead atoms. The van der Waals surface area contributed by atoms with Crippen LogP contribution in [0, 0.1) is 6.92 Å². The fourth-order valence-corrected chi connectivity index (χ4v) is 3.84. The molecule has 4 rings (SSSR count). The van der Waals surface area contributed by atoms with E-state index >= 15 is 0 Å². The van der Waals surface area contributed by atoms with Gasteiger partial charge in [0, 0.05) is 18.1 Å². The lowest BCUT2D eigenvalue weighted by Gasteiger charge is -2.17. The van der Waals surface area contributed by atoms with Crippen molar-refractivity contribution in [2.75, 3.05) is 12.4 Å². The van der Waals surface area contributed by atoms with Crippen LogP contribution in [0.4, 0.5) is 10.5 Å². The highest BCUT2D eigenvalue weighted by Crippen LogP contribution is 2.37. The summed E-state index contributed by atoms with van der Waals surface area (Å²) in [7, 11) is 1.78. The molecule has 4 nitrogen and oxygen atoms in total. The third-order valence-corrected chi connectivity index (χ3v) is 5.28. The summed E-state index contributed by atoms with van der Waals surface area (Å²) in [4.78, 5) is 18.5. The standard InChI is InChI=1S/C20H19N3OS/c1-13-21-17(12-25-13)11-23(2)20(24)22-16-7-8-19-15(10-16)9-14-5-3-4-6-18(14)19/h3-8,10,12H,9,11H2,1-2H3,(H,22,24). The summed E-state index contributed by atoms with van der Waals surface area (Å²) in [6, 6.07) is 14.5. The molecule has 0 aliphatic heterocycles. The van der Waals surface area contributed by atoms with Crippen molar-refractivity contribution in [3.05, 3.63) is 69.7 Å². The van der Waals surface area contributed by atoms with Crippen LogP contribution >= 0.6 is 11.3 Å². The Kier molecular flexibility index (Phi) is 4.01. The van der Waals surface area contributed by atoms with Crippen molar-refractivity contribution in [1.82, 2.24) is 9.88 Å². The lowest BCUT2D eigenvalue weighted by Crippen LogP contribution is -2.31. The zero-order valence-electron chi connectivity index (χ0n) is 14.2. The van der Waals surface area contributed by atoms with E-state index in [1.807, 2.05) is 18.4 Å². The maximum Gasteiger partial charge on any atom is 0.321 e. The minimum absolute atomic E-state index is 0.124. The molecule has 126 valence electrons. The van der Waals surface area contributed by atoms with Gasteiger partial charge in [0.05, 0.1) is 17.2 Å². The van der Waals surface area contributed by atoms with Crippen LogP contribution < -0.4 is 5.32 Å². The number of amides is 2. The molecule has 2 amide bonds. The maximum atomic E-state index is 12.4. The number of carbonyl (C=O) groups is 1. The summed E-state index contributed by atoms with van der Waals surface area (Å²) >= 11 is 1.60. The normalized spacial score (nSPS) is 11.8. The molecule has 0 fully saturated rings. The van der Waals surface area contributed by atoms with E-state index in [4.69, 9.17) is 0 Å². The SMILES string of the molecule is Cc1nc(CN(C)C(=O)Nc2ccc3c(c2)Cc2ccccc2-3)cs1. The lowest BCUT2D eigenvalue weighted by molar-refractivity contribution is 0.220. The van der Waals surface area contributed by atoms with Crippen molar-refractivity contribution in [2.24, 2.45) is 0 Å². The molecule has 5 heteroatoms. The van der Waals surface area contributed by atoms with Crippen molar-refractivity contribution in [3.8, 4) is 11.1 Å². The quantitative estimate of drug-likeness (QED) is 0.583. The van der Waals surface area contributed by atoms with E-state index in [1.54, 1.807) is 23.3 Å². The highest BCUT2D eigenvalue weighted by Gasteiger charge is 2.18. The number of carbonyl (C=O) groups excluding carboxylic acids is 1. The maximum absolute atomic E-state index is 12.4. The number of aryl methyl sites for hydroxylation is 1. The molecule has 3 aromatic rings. The summed E-state index contributed by atoms with van der Waals surface area (Å²) in [5.74, 6) is 0. The minimum atomic E-state index is -0.124. The number of anilines is 1. The number of hydrogen-bond acceptors (Lipinski definition) is 3. The summed E-state index contributed by atoms with van der Waals surface area (Å²) in [6.07, 6.45) is 0.920. The molecule has 1 aliphatic rings. The molecule has 0 saturated carbocycles. The number of hydrogen-bond donors (Lipinski definition) is 1. The highest BCUT2D eigenvalue weighted by molar-refractivity contribution is 7.09. The number of fused-ring (bicyclic) bond motifs is 3. The Morgan fingerprint density at radius 1 is 1.20 bits per heavy atom. The average Bonchev–Trinajstić information content (AvgIpc) is 3.17. The molecule has 1 aliphatic carbocycles. The number of nitrogens with one attached hydrogen (secondary N) is 1. The lowest BCUT2D eigenvalue weighted by atomic mass is 10.1. The Morgan fingerprint density at radius 3 is 2.80 bits per heavy atom. The van der Waals surface area contributed by atoms with Crippen LogP contribution in [0.3, 0.4) is 0 Å². The fraction of sp³-hybridized carbons (Fsp3) is 0.200. The van der Waals surface area contributed by atoms with Gasteiger partial charge in [0.2, 0.25) is 0 Å². The first-order valence-electron chi connectivity index (χ1n) is 8.24. The van der Waals surface area contributed by atoms with Gasteiger partial charge in [-0.05, 0) is 47.7 Å². The van der Waals surface area contributed by atoms with Gasteiger partial charge in [-0.3, -0.25) is 0 Å². The summed E-state index contributed by atoms with van der Waals surface area (Å²) in [5, 5.41) is 6.00. The van der Waals surface area contributed by atoms with Gasteiger partial charge in [-0.25, -0.2) is 9.78 Å². The van der Waals surface area contributed by atoms with E-state index < -0.39 is 0 Å². The second-order valence-electron chi connectivity index (χ2n) is 6.35. The molecule has 0 radical (unpaired) electrons. The second-order valence-corrected chi connectivity index (χ2v) is 7.41. The summed E-state index contributed by atoms with van der Waals surface area (Å²) in [5.41, 5.74) is 6.92. The predicted octanol–water partition coefficient (Wildman–Crippen LogP) is 4.69. The monoisotopic (exact) mass is 349 g/mol. The molecular formula is C20H19N3OS. The van der Waals surface area contributed by atoms with Gasteiger partial charge in [0.15, 0.2) is 0 Å². The van der Waals surface area contributed by atoms with Crippen molar-refractivity contribution in [1.29, 1.82) is 0 Å². The van der Waals surface area contributed by atoms with Crippen LogP contribution in [0.2, 0.25) is 0 Å². The van der Waals surface area contributed by atoms with Crippen LogP contribution in [0.1, 0.15) is 21.8 Å². The predicted molar refractivity (Wildman–Crippen MR) is 102 cm³/mol. The van der Waals surface area contributed by atoms with Crippen LogP contribution in [-0.4, -0.2) is 23.0 Å². The van der Waals surface area contributed by atoms with E-state index in [0.29, 0.717) is 6.54 Å². The van der Waals surface area contributed by atoms with Gasteiger partial charge >= 0.3 is 6.03 Å². The Balaban J connectivity index is 1.46. The summed E-state index contributed by atoms with van der Waals surface area (Å²) < 4.78 is 0. The third kappa shape index (κ3) is 3.15. The van der Waals surface area contributed by atoms with E-state index in [0.717, 1.165) is 22.8 Å². The zero-order chi connectivity index (χ0) is 17.4. The Labute approximate surface area is 151 Å². The van der Waals surface area contributed by atoms with Crippen molar-refractivity contribution < 1.29 is 4.79 Å². The minimum Gasteiger partial charge on any atom is -0.322 e. The number of aromatic nitrogens is 1. The van der Waals surface area contributed by atoms with E-state index in [2.05, 4.69) is 46.7 Å². The van der Waals surface area contributed by atoms with Gasteiger partial charge in [-0.1, -0.05) is 30.3 Å². The van der Waals surface area contributed by atoms with Gasteiger partial charge in [-0.15, -0.1) is 11.3 Å². The number of urea groups is 1. The number of thiazole rings is 1. The molecule has 0 atom stereocenters. The number of rotatable bonds is 3. The first kappa shape index (κ1) is 15.8. The Hall–Kier alpha value is -2.66. The molecule has 1 N–H and O–H groups in total. The van der Waals surface area contributed by atoms with Gasteiger partial charge in [-0.2, -0.15) is 0 Å². The first-order valence-corrected chi connectivity index (χ1v) is 9.12. The molecule has 2 aromatic carbocycles.